The highest BCUT2D eigenvalue weighted by Crippen LogP contribution is 2.15. The van der Waals surface area contributed by atoms with Crippen LogP contribution >= 0.6 is 11.3 Å². The molecule has 2 amide bonds. The van der Waals surface area contributed by atoms with Gasteiger partial charge in [0, 0.05) is 51.3 Å². The van der Waals surface area contributed by atoms with Gasteiger partial charge in [0.25, 0.3) is 5.91 Å². The predicted octanol–water partition coefficient (Wildman–Crippen LogP) is 2.26. The molecule has 1 fully saturated rings. The van der Waals surface area contributed by atoms with Crippen LogP contribution in [0.1, 0.15) is 41.0 Å². The molecule has 0 unspecified atom stereocenters. The van der Waals surface area contributed by atoms with Crippen LogP contribution in [0.5, 0.6) is 0 Å². The van der Waals surface area contributed by atoms with Crippen molar-refractivity contribution in [2.24, 2.45) is 0 Å². The number of para-hydroxylation sites is 1. The van der Waals surface area contributed by atoms with E-state index >= 15 is 0 Å². The van der Waals surface area contributed by atoms with E-state index < -0.39 is 0 Å². The van der Waals surface area contributed by atoms with Gasteiger partial charge in [-0.1, -0.05) is 36.5 Å². The number of carbonyl (C=O) groups is 2. The predicted molar refractivity (Wildman–Crippen MR) is 123 cm³/mol. The second-order valence-corrected chi connectivity index (χ2v) is 8.72. The smallest absolute Gasteiger partial charge is 0.286 e. The highest BCUT2D eigenvalue weighted by molar-refractivity contribution is 7.13. The Morgan fingerprint density at radius 3 is 2.52 bits per heavy atom. The summed E-state index contributed by atoms with van der Waals surface area (Å²) in [5, 5.41) is 15.0. The standard InChI is InChI=1S/C22H32N6O2S/c1-2-27-14-16-28(17-15-27)13-7-12-23-19(29)10-6-11-20-25-26-22(31-20)21(30)24-18-8-4-3-5-9-18/h3-5,8-9H,2,6-7,10-17H2,1H3,(H,23,29)(H,24,30). The summed E-state index contributed by atoms with van der Waals surface area (Å²) in [6.07, 6.45) is 2.78. The van der Waals surface area contributed by atoms with Crippen molar-refractivity contribution in [3.05, 3.63) is 40.3 Å². The van der Waals surface area contributed by atoms with Crippen molar-refractivity contribution >= 4 is 28.8 Å². The van der Waals surface area contributed by atoms with Crippen LogP contribution in [-0.2, 0) is 11.2 Å². The third-order valence-electron chi connectivity index (χ3n) is 5.37. The highest BCUT2D eigenvalue weighted by atomic mass is 32.1. The van der Waals surface area contributed by atoms with Crippen LogP contribution in [0.2, 0.25) is 0 Å². The van der Waals surface area contributed by atoms with E-state index in [2.05, 4.69) is 37.6 Å². The summed E-state index contributed by atoms with van der Waals surface area (Å²) in [7, 11) is 0. The molecule has 0 bridgehead atoms. The van der Waals surface area contributed by atoms with Gasteiger partial charge in [-0.15, -0.1) is 10.2 Å². The summed E-state index contributed by atoms with van der Waals surface area (Å²) in [5.41, 5.74) is 0.726. The van der Waals surface area contributed by atoms with Crippen LogP contribution in [0, 0.1) is 0 Å². The van der Waals surface area contributed by atoms with Gasteiger partial charge in [0.05, 0.1) is 0 Å². The van der Waals surface area contributed by atoms with Crippen LogP contribution in [0.15, 0.2) is 30.3 Å². The number of nitrogens with one attached hydrogen (secondary N) is 2. The Morgan fingerprint density at radius 2 is 1.77 bits per heavy atom. The van der Waals surface area contributed by atoms with E-state index in [9.17, 15) is 9.59 Å². The molecule has 1 aliphatic rings. The third-order valence-corrected chi connectivity index (χ3v) is 6.35. The fraction of sp³-hybridized carbons (Fsp3) is 0.545. The lowest BCUT2D eigenvalue weighted by atomic mass is 10.2. The number of hydrogen-bond acceptors (Lipinski definition) is 7. The molecule has 8 nitrogen and oxygen atoms in total. The lowest BCUT2D eigenvalue weighted by Gasteiger charge is -2.33. The van der Waals surface area contributed by atoms with E-state index in [1.807, 2.05) is 30.3 Å². The minimum Gasteiger partial charge on any atom is -0.356 e. The Balaban J connectivity index is 1.26. The maximum Gasteiger partial charge on any atom is 0.286 e. The second kappa shape index (κ2) is 12.5. The maximum atomic E-state index is 12.2. The minimum atomic E-state index is -0.260. The number of aromatic nitrogens is 2. The molecular weight excluding hydrogens is 412 g/mol. The lowest BCUT2D eigenvalue weighted by molar-refractivity contribution is -0.121. The summed E-state index contributed by atoms with van der Waals surface area (Å²) < 4.78 is 0. The van der Waals surface area contributed by atoms with Crippen molar-refractivity contribution in [1.29, 1.82) is 0 Å². The van der Waals surface area contributed by atoms with E-state index in [1.165, 1.54) is 11.3 Å². The molecule has 2 heterocycles. The van der Waals surface area contributed by atoms with Gasteiger partial charge in [-0.25, -0.2) is 0 Å². The number of anilines is 1. The largest absolute Gasteiger partial charge is 0.356 e. The van der Waals surface area contributed by atoms with Gasteiger partial charge in [0.1, 0.15) is 5.01 Å². The van der Waals surface area contributed by atoms with E-state index in [4.69, 9.17) is 0 Å². The Kier molecular flexibility index (Phi) is 9.39. The number of likely N-dealkylation sites (N-methyl/N-ethyl adjacent to an activating group) is 1. The van der Waals surface area contributed by atoms with Crippen LogP contribution in [0.3, 0.4) is 0 Å². The SMILES string of the molecule is CCN1CCN(CCCNC(=O)CCCc2nnc(C(=O)Nc3ccccc3)s2)CC1. The van der Waals surface area contributed by atoms with Crippen molar-refractivity contribution < 1.29 is 9.59 Å². The molecule has 2 aromatic rings. The molecule has 1 aromatic heterocycles. The van der Waals surface area contributed by atoms with Gasteiger partial charge < -0.3 is 20.4 Å². The Labute approximate surface area is 188 Å². The van der Waals surface area contributed by atoms with E-state index in [0.29, 0.717) is 24.3 Å². The van der Waals surface area contributed by atoms with Crippen molar-refractivity contribution in [1.82, 2.24) is 25.3 Å². The first kappa shape index (κ1) is 23.3. The van der Waals surface area contributed by atoms with Crippen LogP contribution < -0.4 is 10.6 Å². The molecule has 3 rings (SSSR count). The highest BCUT2D eigenvalue weighted by Gasteiger charge is 2.15. The molecule has 0 atom stereocenters. The number of amides is 2. The topological polar surface area (TPSA) is 90.5 Å². The minimum absolute atomic E-state index is 0.0716. The monoisotopic (exact) mass is 444 g/mol. The van der Waals surface area contributed by atoms with Crippen LogP contribution in [-0.4, -0.2) is 77.6 Å². The summed E-state index contributed by atoms with van der Waals surface area (Å²) in [5.74, 6) is -0.189. The number of hydrogen-bond donors (Lipinski definition) is 2. The first-order valence-corrected chi connectivity index (χ1v) is 11.9. The molecule has 0 aliphatic carbocycles. The molecule has 2 N–H and O–H groups in total. The fourth-order valence-corrected chi connectivity index (χ4v) is 4.28. The van der Waals surface area contributed by atoms with Gasteiger partial charge in [-0.3, -0.25) is 9.59 Å². The summed E-state index contributed by atoms with van der Waals surface area (Å²) in [6.45, 7) is 9.62. The number of nitrogens with zero attached hydrogens (tertiary/aromatic N) is 4. The summed E-state index contributed by atoms with van der Waals surface area (Å²) >= 11 is 1.28. The van der Waals surface area contributed by atoms with E-state index in [-0.39, 0.29) is 11.8 Å². The van der Waals surface area contributed by atoms with Gasteiger partial charge >= 0.3 is 0 Å². The Morgan fingerprint density at radius 1 is 1.03 bits per heavy atom. The fourth-order valence-electron chi connectivity index (χ4n) is 3.50. The molecule has 9 heteroatoms. The number of benzene rings is 1. The third kappa shape index (κ3) is 8.01. The van der Waals surface area contributed by atoms with Gasteiger partial charge in [0.15, 0.2) is 0 Å². The molecule has 31 heavy (non-hydrogen) atoms. The van der Waals surface area contributed by atoms with E-state index in [1.54, 1.807) is 0 Å². The van der Waals surface area contributed by atoms with Gasteiger partial charge in [0.2, 0.25) is 10.9 Å². The number of piperazine rings is 1. The molecule has 1 aromatic carbocycles. The van der Waals surface area contributed by atoms with Crippen molar-refractivity contribution in [2.45, 2.75) is 32.6 Å². The van der Waals surface area contributed by atoms with Gasteiger partial charge in [-0.2, -0.15) is 0 Å². The maximum absolute atomic E-state index is 12.2. The molecule has 1 saturated heterocycles. The molecular formula is C22H32N6O2S. The Hall–Kier alpha value is -2.36. The molecule has 0 saturated carbocycles. The second-order valence-electron chi connectivity index (χ2n) is 7.65. The first-order chi connectivity index (χ1) is 15.1. The molecule has 0 radical (unpaired) electrons. The van der Waals surface area contributed by atoms with Crippen LogP contribution in [0.4, 0.5) is 5.69 Å². The zero-order valence-corrected chi connectivity index (χ0v) is 19.0. The van der Waals surface area contributed by atoms with Crippen molar-refractivity contribution in [3.8, 4) is 0 Å². The molecule has 0 spiro atoms. The molecule has 168 valence electrons. The number of rotatable bonds is 11. The Bertz CT molecular complexity index is 820. The average Bonchev–Trinajstić information content (AvgIpc) is 3.27. The average molecular weight is 445 g/mol. The summed E-state index contributed by atoms with van der Waals surface area (Å²) in [4.78, 5) is 29.2. The quantitative estimate of drug-likeness (QED) is 0.517. The number of aryl methyl sites for hydroxylation is 1. The summed E-state index contributed by atoms with van der Waals surface area (Å²) in [6, 6.07) is 9.26. The van der Waals surface area contributed by atoms with Crippen molar-refractivity contribution in [3.63, 3.8) is 0 Å². The normalized spacial score (nSPS) is 15.0. The first-order valence-electron chi connectivity index (χ1n) is 11.0. The van der Waals surface area contributed by atoms with Crippen molar-refractivity contribution in [2.75, 3.05) is 51.1 Å². The number of carbonyl (C=O) groups excluding carboxylic acids is 2. The van der Waals surface area contributed by atoms with Gasteiger partial charge in [-0.05, 0) is 38.1 Å². The zero-order valence-electron chi connectivity index (χ0n) is 18.2. The van der Waals surface area contributed by atoms with Crippen LogP contribution in [0.25, 0.3) is 0 Å². The van der Waals surface area contributed by atoms with E-state index in [0.717, 1.165) is 62.9 Å². The lowest BCUT2D eigenvalue weighted by Crippen LogP contribution is -2.46. The molecule has 1 aliphatic heterocycles. The zero-order chi connectivity index (χ0) is 21.9.